The molecule has 96 valence electrons. The maximum atomic E-state index is 12.6. The van der Waals surface area contributed by atoms with Gasteiger partial charge in [0, 0.05) is 6.20 Å². The molecule has 0 atom stereocenters. The minimum Gasteiger partial charge on any atom is -0.390 e. The Kier molecular flexibility index (Phi) is 3.45. The molecule has 0 unspecified atom stereocenters. The second-order valence-corrected chi connectivity index (χ2v) is 4.43. The summed E-state index contributed by atoms with van der Waals surface area (Å²) >= 11 is 3.17. The first kappa shape index (κ1) is 13.1. The van der Waals surface area contributed by atoms with Crippen LogP contribution in [0.4, 0.5) is 13.2 Å². The largest absolute Gasteiger partial charge is 0.416 e. The summed E-state index contributed by atoms with van der Waals surface area (Å²) in [5.74, 6) is 0. The number of benzene rings is 1. The molecule has 0 fully saturated rings. The van der Waals surface area contributed by atoms with Gasteiger partial charge in [0.15, 0.2) is 0 Å². The second-order valence-electron chi connectivity index (χ2n) is 3.57. The Morgan fingerprint density at radius 3 is 2.61 bits per heavy atom. The Labute approximate surface area is 109 Å². The molecule has 1 N–H and O–H groups in total. The van der Waals surface area contributed by atoms with Gasteiger partial charge < -0.3 is 5.11 Å². The first-order chi connectivity index (χ1) is 8.41. The van der Waals surface area contributed by atoms with Gasteiger partial charge in [0.1, 0.15) is 5.69 Å². The number of rotatable bonds is 2. The molecule has 0 radical (unpaired) electrons. The molecule has 0 spiro atoms. The van der Waals surface area contributed by atoms with E-state index in [-0.39, 0.29) is 12.3 Å². The van der Waals surface area contributed by atoms with Gasteiger partial charge in [0.05, 0.1) is 22.3 Å². The molecule has 0 bridgehead atoms. The lowest BCUT2D eigenvalue weighted by molar-refractivity contribution is -0.137. The summed E-state index contributed by atoms with van der Waals surface area (Å²) in [5.41, 5.74) is -0.0881. The van der Waals surface area contributed by atoms with Gasteiger partial charge in [-0.15, -0.1) is 0 Å². The fourth-order valence-electron chi connectivity index (χ4n) is 1.45. The zero-order chi connectivity index (χ0) is 13.3. The Balaban J connectivity index is 2.44. The van der Waals surface area contributed by atoms with Crippen LogP contribution in [-0.2, 0) is 12.8 Å². The average Bonchev–Trinajstić information content (AvgIpc) is 2.70. The lowest BCUT2D eigenvalue weighted by Gasteiger charge is -2.08. The van der Waals surface area contributed by atoms with Crippen LogP contribution < -0.4 is 0 Å². The van der Waals surface area contributed by atoms with E-state index in [1.807, 2.05) is 0 Å². The van der Waals surface area contributed by atoms with E-state index in [9.17, 15) is 13.2 Å². The van der Waals surface area contributed by atoms with Gasteiger partial charge in [0.2, 0.25) is 0 Å². The molecule has 1 aromatic carbocycles. The lowest BCUT2D eigenvalue weighted by atomic mass is 10.2. The summed E-state index contributed by atoms with van der Waals surface area (Å²) in [6.45, 7) is -0.285. The fraction of sp³-hybridized carbons (Fsp3) is 0.182. The van der Waals surface area contributed by atoms with Gasteiger partial charge >= 0.3 is 6.18 Å². The number of hydrogen-bond acceptors (Lipinski definition) is 2. The molecule has 18 heavy (non-hydrogen) atoms. The highest BCUT2D eigenvalue weighted by Gasteiger charge is 2.30. The van der Waals surface area contributed by atoms with E-state index in [1.54, 1.807) is 0 Å². The third-order valence-electron chi connectivity index (χ3n) is 2.33. The van der Waals surface area contributed by atoms with Gasteiger partial charge in [-0.3, -0.25) is 0 Å². The van der Waals surface area contributed by atoms with Crippen LogP contribution >= 0.6 is 15.9 Å². The molecule has 0 aliphatic heterocycles. The van der Waals surface area contributed by atoms with Gasteiger partial charge in [-0.05, 0) is 34.1 Å². The summed E-state index contributed by atoms with van der Waals surface area (Å²) in [5, 5.41) is 13.0. The third kappa shape index (κ3) is 2.56. The third-order valence-corrected chi connectivity index (χ3v) is 2.99. The van der Waals surface area contributed by atoms with Crippen molar-refractivity contribution in [3.8, 4) is 5.69 Å². The molecule has 2 aromatic rings. The predicted molar refractivity (Wildman–Crippen MR) is 62.2 cm³/mol. The van der Waals surface area contributed by atoms with Crippen LogP contribution in [0.15, 0.2) is 34.9 Å². The smallest absolute Gasteiger partial charge is 0.390 e. The van der Waals surface area contributed by atoms with E-state index < -0.39 is 11.7 Å². The summed E-state index contributed by atoms with van der Waals surface area (Å²) < 4.78 is 39.5. The average molecular weight is 321 g/mol. The molecule has 0 aliphatic carbocycles. The number of alkyl halides is 3. The summed E-state index contributed by atoms with van der Waals surface area (Å²) in [6.07, 6.45) is -2.89. The Hall–Kier alpha value is -1.34. The van der Waals surface area contributed by atoms with Crippen LogP contribution in [0.25, 0.3) is 5.69 Å². The molecule has 3 nitrogen and oxygen atoms in total. The van der Waals surface area contributed by atoms with Crippen molar-refractivity contribution in [3.05, 3.63) is 46.2 Å². The van der Waals surface area contributed by atoms with Crippen LogP contribution in [0.5, 0.6) is 0 Å². The van der Waals surface area contributed by atoms with Gasteiger partial charge in [-0.2, -0.15) is 18.3 Å². The van der Waals surface area contributed by atoms with Gasteiger partial charge in [-0.25, -0.2) is 4.68 Å². The minimum atomic E-state index is -4.39. The number of nitrogens with zero attached hydrogens (tertiary/aromatic N) is 2. The lowest BCUT2D eigenvalue weighted by Crippen LogP contribution is -2.06. The summed E-state index contributed by atoms with van der Waals surface area (Å²) in [7, 11) is 0. The molecule has 0 amide bonds. The van der Waals surface area contributed by atoms with Gasteiger partial charge in [0.25, 0.3) is 0 Å². The van der Waals surface area contributed by atoms with Crippen LogP contribution in [0.3, 0.4) is 0 Å². The first-order valence-corrected chi connectivity index (χ1v) is 5.73. The Morgan fingerprint density at radius 2 is 2.06 bits per heavy atom. The van der Waals surface area contributed by atoms with Crippen molar-refractivity contribution in [2.75, 3.05) is 0 Å². The molecular weight excluding hydrogens is 313 g/mol. The van der Waals surface area contributed by atoms with Crippen LogP contribution in [-0.4, -0.2) is 14.9 Å². The number of aliphatic hydroxyl groups is 1. The van der Waals surface area contributed by atoms with E-state index in [2.05, 4.69) is 21.0 Å². The summed E-state index contributed by atoms with van der Waals surface area (Å²) in [6, 6.07) is 4.82. The van der Waals surface area contributed by atoms with E-state index in [0.29, 0.717) is 10.2 Å². The predicted octanol–water partition coefficient (Wildman–Crippen LogP) is 3.15. The first-order valence-electron chi connectivity index (χ1n) is 4.94. The molecule has 7 heteroatoms. The fourth-order valence-corrected chi connectivity index (χ4v) is 1.85. The topological polar surface area (TPSA) is 38.1 Å². The Morgan fingerprint density at radius 1 is 1.33 bits per heavy atom. The quantitative estimate of drug-likeness (QED) is 0.923. The maximum absolute atomic E-state index is 12.6. The van der Waals surface area contributed by atoms with E-state index in [0.717, 1.165) is 12.1 Å². The standard InChI is InChI=1S/C11H8BrF3N2O/c12-9-5-17(16-10(9)6-18)8-3-1-2-7(4-8)11(13,14)15/h1-5,18H,6H2. The van der Waals surface area contributed by atoms with E-state index in [4.69, 9.17) is 5.11 Å². The van der Waals surface area contributed by atoms with Crippen molar-refractivity contribution in [2.45, 2.75) is 12.8 Å². The number of halogens is 4. The van der Waals surface area contributed by atoms with E-state index >= 15 is 0 Å². The van der Waals surface area contributed by atoms with E-state index in [1.165, 1.54) is 23.0 Å². The number of aromatic nitrogens is 2. The van der Waals surface area contributed by atoms with Crippen LogP contribution in [0, 0.1) is 0 Å². The Bertz CT molecular complexity index is 566. The van der Waals surface area contributed by atoms with Crippen molar-refractivity contribution in [1.82, 2.24) is 9.78 Å². The highest BCUT2D eigenvalue weighted by atomic mass is 79.9. The zero-order valence-corrected chi connectivity index (χ0v) is 10.5. The SMILES string of the molecule is OCc1nn(-c2cccc(C(F)(F)F)c2)cc1Br. The normalized spacial score (nSPS) is 11.8. The highest BCUT2D eigenvalue weighted by Crippen LogP contribution is 2.30. The van der Waals surface area contributed by atoms with Crippen molar-refractivity contribution in [3.63, 3.8) is 0 Å². The molecule has 1 heterocycles. The highest BCUT2D eigenvalue weighted by molar-refractivity contribution is 9.10. The van der Waals surface area contributed by atoms with Crippen LogP contribution in [0.1, 0.15) is 11.3 Å². The minimum absolute atomic E-state index is 0.283. The number of aliphatic hydroxyl groups excluding tert-OH is 1. The molecule has 0 saturated carbocycles. The molecular formula is C11H8BrF3N2O. The monoisotopic (exact) mass is 320 g/mol. The van der Waals surface area contributed by atoms with Crippen molar-refractivity contribution in [1.29, 1.82) is 0 Å². The van der Waals surface area contributed by atoms with Crippen LogP contribution in [0.2, 0.25) is 0 Å². The molecule has 2 rings (SSSR count). The van der Waals surface area contributed by atoms with Gasteiger partial charge in [-0.1, -0.05) is 6.07 Å². The zero-order valence-electron chi connectivity index (χ0n) is 8.95. The van der Waals surface area contributed by atoms with Crippen molar-refractivity contribution in [2.24, 2.45) is 0 Å². The second kappa shape index (κ2) is 4.74. The van der Waals surface area contributed by atoms with Crippen molar-refractivity contribution < 1.29 is 18.3 Å². The molecule has 0 saturated heterocycles. The summed E-state index contributed by atoms with van der Waals surface area (Å²) in [4.78, 5) is 0. The molecule has 0 aliphatic rings. The van der Waals surface area contributed by atoms with Crippen molar-refractivity contribution >= 4 is 15.9 Å². The number of hydrogen-bond donors (Lipinski definition) is 1. The maximum Gasteiger partial charge on any atom is 0.416 e. The molecule has 1 aromatic heterocycles.